The van der Waals surface area contributed by atoms with Gasteiger partial charge in [-0.3, -0.25) is 4.79 Å². The third-order valence-electron chi connectivity index (χ3n) is 3.50. The fraction of sp³-hybridized carbons (Fsp3) is 0.923. The Morgan fingerprint density at radius 3 is 2.65 bits per heavy atom. The highest BCUT2D eigenvalue weighted by atomic mass is 16.5. The summed E-state index contributed by atoms with van der Waals surface area (Å²) in [5.74, 6) is -0.0304. The molecule has 17 heavy (non-hydrogen) atoms. The van der Waals surface area contributed by atoms with E-state index in [2.05, 4.69) is 5.32 Å². The summed E-state index contributed by atoms with van der Waals surface area (Å²) in [6, 6.07) is 0.288. The molecule has 4 heteroatoms. The molecular formula is C13H26N2O2. The Morgan fingerprint density at radius 2 is 2.06 bits per heavy atom. The molecule has 0 heterocycles. The molecule has 0 aromatic rings. The van der Waals surface area contributed by atoms with Gasteiger partial charge in [-0.25, -0.2) is 0 Å². The van der Waals surface area contributed by atoms with Gasteiger partial charge >= 0.3 is 0 Å². The molecule has 0 aromatic heterocycles. The molecule has 0 bridgehead atoms. The van der Waals surface area contributed by atoms with Gasteiger partial charge in [0.15, 0.2) is 0 Å². The van der Waals surface area contributed by atoms with Crippen LogP contribution < -0.4 is 11.1 Å². The molecule has 4 nitrogen and oxygen atoms in total. The van der Waals surface area contributed by atoms with Crippen molar-refractivity contribution < 1.29 is 9.53 Å². The van der Waals surface area contributed by atoms with Crippen LogP contribution in [-0.2, 0) is 9.53 Å². The van der Waals surface area contributed by atoms with Gasteiger partial charge in [-0.2, -0.15) is 0 Å². The lowest BCUT2D eigenvalue weighted by atomic mass is 9.93. The number of ether oxygens (including phenoxy) is 1. The molecule has 1 rings (SSSR count). The number of carbonyl (C=O) groups is 1. The van der Waals surface area contributed by atoms with Gasteiger partial charge < -0.3 is 15.8 Å². The van der Waals surface area contributed by atoms with Crippen molar-refractivity contribution in [3.8, 4) is 0 Å². The third-order valence-corrected chi connectivity index (χ3v) is 3.50. The molecular weight excluding hydrogens is 216 g/mol. The summed E-state index contributed by atoms with van der Waals surface area (Å²) in [7, 11) is 0. The number of nitrogens with two attached hydrogens (primary N) is 1. The molecule has 0 saturated heterocycles. The van der Waals surface area contributed by atoms with Crippen LogP contribution >= 0.6 is 0 Å². The predicted molar refractivity (Wildman–Crippen MR) is 68.7 cm³/mol. The molecule has 0 spiro atoms. The van der Waals surface area contributed by atoms with E-state index in [0.717, 1.165) is 25.7 Å². The minimum absolute atomic E-state index is 0.0304. The Kier molecular flexibility index (Phi) is 5.92. The van der Waals surface area contributed by atoms with Crippen LogP contribution in [0.5, 0.6) is 0 Å². The van der Waals surface area contributed by atoms with Crippen LogP contribution in [-0.4, -0.2) is 30.2 Å². The second-order valence-electron chi connectivity index (χ2n) is 5.08. The van der Waals surface area contributed by atoms with Crippen LogP contribution in [0.25, 0.3) is 0 Å². The number of nitrogens with one attached hydrogen (secondary N) is 1. The number of rotatable bonds is 5. The minimum Gasteiger partial charge on any atom is -0.364 e. The van der Waals surface area contributed by atoms with Gasteiger partial charge in [0, 0.05) is 12.1 Å². The normalized spacial score (nSPS) is 28.5. The fourth-order valence-corrected chi connectivity index (χ4v) is 2.08. The van der Waals surface area contributed by atoms with E-state index in [-0.39, 0.29) is 24.1 Å². The van der Waals surface area contributed by atoms with E-state index in [1.54, 1.807) is 6.92 Å². The van der Waals surface area contributed by atoms with E-state index in [1.165, 1.54) is 6.42 Å². The van der Waals surface area contributed by atoms with Gasteiger partial charge in [0.1, 0.15) is 6.10 Å². The van der Waals surface area contributed by atoms with E-state index >= 15 is 0 Å². The molecule has 1 aliphatic carbocycles. The van der Waals surface area contributed by atoms with Crippen LogP contribution in [0.1, 0.15) is 52.9 Å². The van der Waals surface area contributed by atoms with Gasteiger partial charge in [-0.15, -0.1) is 0 Å². The zero-order valence-electron chi connectivity index (χ0n) is 11.2. The van der Waals surface area contributed by atoms with Crippen LogP contribution in [0.4, 0.5) is 0 Å². The van der Waals surface area contributed by atoms with E-state index in [9.17, 15) is 4.79 Å². The molecule has 100 valence electrons. The molecule has 1 saturated carbocycles. The molecule has 0 aliphatic heterocycles. The summed E-state index contributed by atoms with van der Waals surface area (Å²) in [5, 5.41) is 2.93. The van der Waals surface area contributed by atoms with Crippen LogP contribution in [0, 0.1) is 0 Å². The number of hydrogen-bond acceptors (Lipinski definition) is 3. The first-order chi connectivity index (χ1) is 8.04. The molecule has 1 fully saturated rings. The van der Waals surface area contributed by atoms with Gasteiger partial charge in [0.05, 0.1) is 6.10 Å². The lowest BCUT2D eigenvalue weighted by Crippen LogP contribution is -2.46. The van der Waals surface area contributed by atoms with Crippen molar-refractivity contribution >= 4 is 5.91 Å². The Hall–Kier alpha value is -0.610. The van der Waals surface area contributed by atoms with Crippen molar-refractivity contribution in [1.29, 1.82) is 0 Å². The number of amides is 1. The quantitative estimate of drug-likeness (QED) is 0.769. The van der Waals surface area contributed by atoms with Gasteiger partial charge in [-0.05, 0) is 33.1 Å². The van der Waals surface area contributed by atoms with Gasteiger partial charge in [-0.1, -0.05) is 19.8 Å². The molecule has 1 amide bonds. The maximum Gasteiger partial charge on any atom is 0.249 e. The smallest absolute Gasteiger partial charge is 0.249 e. The van der Waals surface area contributed by atoms with Gasteiger partial charge in [0.25, 0.3) is 0 Å². The van der Waals surface area contributed by atoms with E-state index < -0.39 is 6.10 Å². The average Bonchev–Trinajstić information content (AvgIpc) is 2.31. The molecule has 0 aromatic carbocycles. The predicted octanol–water partition coefficient (Wildman–Crippen LogP) is 1.58. The number of carbonyl (C=O) groups excluding carboxylic acids is 1. The standard InChI is InChI=1S/C13H26N2O2/c1-4-9(2)15-13(16)10(3)17-12-8-6-5-7-11(12)14/h9-12H,4-8,14H2,1-3H3,(H,15,16). The largest absolute Gasteiger partial charge is 0.364 e. The van der Waals surface area contributed by atoms with Crippen molar-refractivity contribution in [1.82, 2.24) is 5.32 Å². The lowest BCUT2D eigenvalue weighted by Gasteiger charge is -2.31. The molecule has 1 aliphatic rings. The zero-order chi connectivity index (χ0) is 12.8. The Bertz CT molecular complexity index is 246. The third kappa shape index (κ3) is 4.64. The summed E-state index contributed by atoms with van der Waals surface area (Å²) < 4.78 is 5.77. The van der Waals surface area contributed by atoms with Crippen LogP contribution in [0.15, 0.2) is 0 Å². The maximum absolute atomic E-state index is 11.8. The first kappa shape index (κ1) is 14.5. The van der Waals surface area contributed by atoms with Crippen LogP contribution in [0.3, 0.4) is 0 Å². The fourth-order valence-electron chi connectivity index (χ4n) is 2.08. The van der Waals surface area contributed by atoms with E-state index in [4.69, 9.17) is 10.5 Å². The maximum atomic E-state index is 11.8. The second kappa shape index (κ2) is 6.97. The first-order valence-electron chi connectivity index (χ1n) is 6.76. The highest BCUT2D eigenvalue weighted by Gasteiger charge is 2.26. The van der Waals surface area contributed by atoms with Crippen molar-refractivity contribution in [3.63, 3.8) is 0 Å². The summed E-state index contributed by atoms with van der Waals surface area (Å²) >= 11 is 0. The topological polar surface area (TPSA) is 64.3 Å². The zero-order valence-corrected chi connectivity index (χ0v) is 11.2. The molecule has 4 unspecified atom stereocenters. The molecule has 0 radical (unpaired) electrons. The van der Waals surface area contributed by atoms with E-state index in [0.29, 0.717) is 0 Å². The summed E-state index contributed by atoms with van der Waals surface area (Å²) in [5.41, 5.74) is 6.00. The summed E-state index contributed by atoms with van der Waals surface area (Å²) in [4.78, 5) is 11.8. The number of hydrogen-bond donors (Lipinski definition) is 2. The molecule has 4 atom stereocenters. The summed E-state index contributed by atoms with van der Waals surface area (Å²) in [6.45, 7) is 5.85. The Balaban J connectivity index is 2.36. The summed E-state index contributed by atoms with van der Waals surface area (Å²) in [6.07, 6.45) is 4.88. The minimum atomic E-state index is -0.404. The highest BCUT2D eigenvalue weighted by Crippen LogP contribution is 2.20. The van der Waals surface area contributed by atoms with Crippen molar-refractivity contribution in [2.75, 3.05) is 0 Å². The second-order valence-corrected chi connectivity index (χ2v) is 5.08. The van der Waals surface area contributed by atoms with Crippen molar-refractivity contribution in [3.05, 3.63) is 0 Å². The SMILES string of the molecule is CCC(C)NC(=O)C(C)OC1CCCCC1N. The lowest BCUT2D eigenvalue weighted by molar-refractivity contribution is -0.137. The van der Waals surface area contributed by atoms with Gasteiger partial charge in [0.2, 0.25) is 5.91 Å². The highest BCUT2D eigenvalue weighted by molar-refractivity contribution is 5.80. The average molecular weight is 242 g/mol. The van der Waals surface area contributed by atoms with E-state index in [1.807, 2.05) is 13.8 Å². The van der Waals surface area contributed by atoms with Crippen molar-refractivity contribution in [2.45, 2.75) is 77.2 Å². The van der Waals surface area contributed by atoms with Crippen molar-refractivity contribution in [2.24, 2.45) is 5.73 Å². The monoisotopic (exact) mass is 242 g/mol. The Morgan fingerprint density at radius 1 is 1.41 bits per heavy atom. The first-order valence-corrected chi connectivity index (χ1v) is 6.76. The van der Waals surface area contributed by atoms with Crippen LogP contribution in [0.2, 0.25) is 0 Å². The Labute approximate surface area is 104 Å². The molecule has 3 N–H and O–H groups in total.